The smallest absolute Gasteiger partial charge is 0.338 e. The van der Waals surface area contributed by atoms with Crippen molar-refractivity contribution in [2.45, 2.75) is 32.7 Å². The normalized spacial score (nSPS) is 10.2. The molecular weight excluding hydrogens is 304 g/mol. The van der Waals surface area contributed by atoms with Crippen LogP contribution in [0.25, 0.3) is 0 Å². The van der Waals surface area contributed by atoms with Crippen molar-refractivity contribution < 1.29 is 18.9 Å². The third-order valence-electron chi connectivity index (χ3n) is 3.53. The van der Waals surface area contributed by atoms with Gasteiger partial charge in [0.1, 0.15) is 6.54 Å². The molecule has 1 aromatic carbocycles. The standard InChI is InChI=1S/C19H22N2O3/c1-2-24-19(23)16-9-11-17(12-10-16)20-18(22)8-4-7-15-21-13-5-3-6-14-21/h3,5-6,9-14H,2,4,7-8,15H2,1H3/p+1. The van der Waals surface area contributed by atoms with Gasteiger partial charge in [-0.15, -0.1) is 0 Å². The second kappa shape index (κ2) is 9.45. The van der Waals surface area contributed by atoms with Crippen molar-refractivity contribution in [3.8, 4) is 0 Å². The molecular formula is C19H23N2O3+. The molecule has 0 atom stereocenters. The van der Waals surface area contributed by atoms with E-state index in [1.807, 2.05) is 30.6 Å². The summed E-state index contributed by atoms with van der Waals surface area (Å²) in [6, 6.07) is 12.7. The number of hydrogen-bond donors (Lipinski definition) is 1. The van der Waals surface area contributed by atoms with Gasteiger partial charge in [0.2, 0.25) is 5.91 Å². The molecule has 0 spiro atoms. The summed E-state index contributed by atoms with van der Waals surface area (Å²) in [6.45, 7) is 3.02. The minimum absolute atomic E-state index is 0.0167. The van der Waals surface area contributed by atoms with Gasteiger partial charge < -0.3 is 10.1 Å². The highest BCUT2D eigenvalue weighted by Crippen LogP contribution is 2.11. The van der Waals surface area contributed by atoms with Gasteiger partial charge in [-0.1, -0.05) is 6.07 Å². The molecule has 0 saturated carbocycles. The molecule has 2 aromatic rings. The van der Waals surface area contributed by atoms with E-state index in [9.17, 15) is 9.59 Å². The van der Waals surface area contributed by atoms with Gasteiger partial charge in [-0.25, -0.2) is 9.36 Å². The van der Waals surface area contributed by atoms with Crippen LogP contribution in [0.5, 0.6) is 0 Å². The van der Waals surface area contributed by atoms with Gasteiger partial charge in [0.15, 0.2) is 12.4 Å². The highest BCUT2D eigenvalue weighted by Gasteiger charge is 2.07. The van der Waals surface area contributed by atoms with Gasteiger partial charge in [0, 0.05) is 30.7 Å². The van der Waals surface area contributed by atoms with Crippen molar-refractivity contribution in [2.24, 2.45) is 0 Å². The Kier molecular flexibility index (Phi) is 6.95. The molecule has 0 aliphatic heterocycles. The molecule has 0 aliphatic rings. The zero-order valence-corrected chi connectivity index (χ0v) is 13.9. The van der Waals surface area contributed by atoms with Crippen LogP contribution in [0.15, 0.2) is 54.9 Å². The molecule has 1 heterocycles. The largest absolute Gasteiger partial charge is 0.462 e. The Balaban J connectivity index is 1.71. The fraction of sp³-hybridized carbons (Fsp3) is 0.316. The van der Waals surface area contributed by atoms with E-state index in [2.05, 4.69) is 9.88 Å². The number of pyridine rings is 1. The van der Waals surface area contributed by atoms with E-state index < -0.39 is 0 Å². The van der Waals surface area contributed by atoms with Gasteiger partial charge in [0.25, 0.3) is 0 Å². The summed E-state index contributed by atoms with van der Waals surface area (Å²) >= 11 is 0. The van der Waals surface area contributed by atoms with E-state index in [0.717, 1.165) is 19.4 Å². The predicted octanol–water partition coefficient (Wildman–Crippen LogP) is 2.96. The number of ether oxygens (including phenoxy) is 1. The van der Waals surface area contributed by atoms with E-state index in [1.165, 1.54) is 0 Å². The number of esters is 1. The predicted molar refractivity (Wildman–Crippen MR) is 91.5 cm³/mol. The number of anilines is 1. The van der Waals surface area contributed by atoms with Crippen LogP contribution in [0.2, 0.25) is 0 Å². The highest BCUT2D eigenvalue weighted by atomic mass is 16.5. The Bertz CT molecular complexity index is 654. The number of amides is 1. The molecule has 0 fully saturated rings. The molecule has 1 N–H and O–H groups in total. The van der Waals surface area contributed by atoms with Crippen LogP contribution >= 0.6 is 0 Å². The van der Waals surface area contributed by atoms with E-state index in [1.54, 1.807) is 31.2 Å². The van der Waals surface area contributed by atoms with Crippen LogP contribution in [0.3, 0.4) is 0 Å². The minimum Gasteiger partial charge on any atom is -0.462 e. The summed E-state index contributed by atoms with van der Waals surface area (Å²) in [5.74, 6) is -0.370. The molecule has 1 aromatic heterocycles. The Morgan fingerprint density at radius 3 is 2.42 bits per heavy atom. The highest BCUT2D eigenvalue weighted by molar-refractivity contribution is 5.93. The maximum Gasteiger partial charge on any atom is 0.338 e. The maximum atomic E-state index is 11.9. The van der Waals surface area contributed by atoms with Gasteiger partial charge in [-0.3, -0.25) is 4.79 Å². The summed E-state index contributed by atoms with van der Waals surface area (Å²) in [5, 5.41) is 2.84. The number of benzene rings is 1. The number of nitrogens with zero attached hydrogens (tertiary/aromatic N) is 1. The van der Waals surface area contributed by atoms with Crippen molar-refractivity contribution in [2.75, 3.05) is 11.9 Å². The summed E-state index contributed by atoms with van der Waals surface area (Å²) in [7, 11) is 0. The van der Waals surface area contributed by atoms with Gasteiger partial charge in [0.05, 0.1) is 12.2 Å². The molecule has 126 valence electrons. The van der Waals surface area contributed by atoms with Crippen LogP contribution in [-0.2, 0) is 16.1 Å². The van der Waals surface area contributed by atoms with E-state index >= 15 is 0 Å². The Morgan fingerprint density at radius 2 is 1.75 bits per heavy atom. The number of rotatable bonds is 8. The van der Waals surface area contributed by atoms with Crippen LogP contribution in [-0.4, -0.2) is 18.5 Å². The fourth-order valence-electron chi connectivity index (χ4n) is 2.29. The molecule has 0 bridgehead atoms. The van der Waals surface area contributed by atoms with Gasteiger partial charge >= 0.3 is 5.97 Å². The number of aromatic nitrogens is 1. The Labute approximate surface area is 142 Å². The van der Waals surface area contributed by atoms with Crippen LogP contribution in [0.1, 0.15) is 36.5 Å². The number of carbonyl (C=O) groups excluding carboxylic acids is 2. The number of hydrogen-bond acceptors (Lipinski definition) is 3. The van der Waals surface area contributed by atoms with E-state index in [4.69, 9.17) is 4.74 Å². The lowest BCUT2D eigenvalue weighted by atomic mass is 10.2. The molecule has 24 heavy (non-hydrogen) atoms. The van der Waals surface area contributed by atoms with E-state index in [0.29, 0.717) is 24.3 Å². The average molecular weight is 327 g/mol. The lowest BCUT2D eigenvalue weighted by Crippen LogP contribution is -2.32. The molecule has 0 aliphatic carbocycles. The van der Waals surface area contributed by atoms with Crippen molar-refractivity contribution in [1.82, 2.24) is 0 Å². The minimum atomic E-state index is -0.353. The SMILES string of the molecule is CCOC(=O)c1ccc(NC(=O)CCCC[n+]2ccccc2)cc1. The molecule has 2 rings (SSSR count). The summed E-state index contributed by atoms with van der Waals surface area (Å²) in [6.07, 6.45) is 6.29. The number of unbranched alkanes of at least 4 members (excludes halogenated alkanes) is 1. The summed E-state index contributed by atoms with van der Waals surface area (Å²) in [4.78, 5) is 23.5. The molecule has 0 radical (unpaired) electrons. The van der Waals surface area contributed by atoms with Crippen molar-refractivity contribution in [1.29, 1.82) is 0 Å². The lowest BCUT2D eigenvalue weighted by Gasteiger charge is -2.06. The zero-order valence-electron chi connectivity index (χ0n) is 13.9. The zero-order chi connectivity index (χ0) is 17.2. The first-order valence-electron chi connectivity index (χ1n) is 8.20. The quantitative estimate of drug-likeness (QED) is 0.461. The number of carbonyl (C=O) groups is 2. The van der Waals surface area contributed by atoms with E-state index in [-0.39, 0.29) is 11.9 Å². The molecule has 0 saturated heterocycles. The maximum absolute atomic E-state index is 11.9. The fourth-order valence-corrected chi connectivity index (χ4v) is 2.29. The average Bonchev–Trinajstić information content (AvgIpc) is 2.60. The summed E-state index contributed by atoms with van der Waals surface area (Å²) in [5.41, 5.74) is 1.17. The second-order valence-electron chi connectivity index (χ2n) is 5.42. The third kappa shape index (κ3) is 5.83. The van der Waals surface area contributed by atoms with Crippen LogP contribution in [0.4, 0.5) is 5.69 Å². The van der Waals surface area contributed by atoms with Crippen LogP contribution < -0.4 is 9.88 Å². The molecule has 5 nitrogen and oxygen atoms in total. The molecule has 1 amide bonds. The first kappa shape index (κ1) is 17.7. The number of nitrogens with one attached hydrogen (secondary N) is 1. The van der Waals surface area contributed by atoms with Gasteiger partial charge in [-0.2, -0.15) is 0 Å². The number of aryl methyl sites for hydroxylation is 1. The van der Waals surface area contributed by atoms with Crippen molar-refractivity contribution in [3.63, 3.8) is 0 Å². The monoisotopic (exact) mass is 327 g/mol. The van der Waals surface area contributed by atoms with Crippen molar-refractivity contribution in [3.05, 3.63) is 60.4 Å². The first-order chi connectivity index (χ1) is 11.7. The topological polar surface area (TPSA) is 59.3 Å². The third-order valence-corrected chi connectivity index (χ3v) is 3.53. The Hall–Kier alpha value is -2.69. The Morgan fingerprint density at radius 1 is 1.04 bits per heavy atom. The lowest BCUT2D eigenvalue weighted by molar-refractivity contribution is -0.697. The van der Waals surface area contributed by atoms with Gasteiger partial charge in [-0.05, 0) is 37.6 Å². The molecule has 0 unspecified atom stereocenters. The van der Waals surface area contributed by atoms with Crippen molar-refractivity contribution >= 4 is 17.6 Å². The summed E-state index contributed by atoms with van der Waals surface area (Å²) < 4.78 is 7.03. The molecule has 5 heteroatoms. The van der Waals surface area contributed by atoms with Crippen LogP contribution in [0, 0.1) is 0 Å². The second-order valence-corrected chi connectivity index (χ2v) is 5.42. The first-order valence-corrected chi connectivity index (χ1v) is 8.20.